The lowest BCUT2D eigenvalue weighted by Crippen LogP contribution is -2.47. The van der Waals surface area contributed by atoms with Gasteiger partial charge in [0.1, 0.15) is 0 Å². The average molecular weight is 375 g/mol. The third kappa shape index (κ3) is 5.09. The van der Waals surface area contributed by atoms with Gasteiger partial charge in [-0.1, -0.05) is 44.0 Å². The molecule has 0 radical (unpaired) electrons. The van der Waals surface area contributed by atoms with Crippen LogP contribution in [0.1, 0.15) is 49.8 Å². The Balaban J connectivity index is 1.70. The topological polar surface area (TPSA) is 61.8 Å². The third-order valence-electron chi connectivity index (χ3n) is 6.17. The van der Waals surface area contributed by atoms with Crippen molar-refractivity contribution in [2.75, 3.05) is 33.4 Å². The lowest BCUT2D eigenvalue weighted by molar-refractivity contribution is -0.135. The van der Waals surface area contributed by atoms with Gasteiger partial charge in [-0.05, 0) is 42.2 Å². The maximum Gasteiger partial charge on any atom is 0.237 e. The molecule has 2 aliphatic rings. The van der Waals surface area contributed by atoms with Crippen LogP contribution in [-0.4, -0.2) is 55.4 Å². The van der Waals surface area contributed by atoms with Crippen LogP contribution >= 0.6 is 0 Å². The number of carbonyl (C=O) groups is 1. The highest BCUT2D eigenvalue weighted by atomic mass is 16.5. The summed E-state index contributed by atoms with van der Waals surface area (Å²) >= 11 is 0. The van der Waals surface area contributed by atoms with Crippen LogP contribution in [0, 0.1) is 11.8 Å². The van der Waals surface area contributed by atoms with Crippen LogP contribution in [0.5, 0.6) is 0 Å². The summed E-state index contributed by atoms with van der Waals surface area (Å²) in [5.41, 5.74) is 2.74. The number of fused-ring (bicyclic) bond motifs is 1. The van der Waals surface area contributed by atoms with Crippen molar-refractivity contribution in [1.29, 1.82) is 0 Å². The first-order valence-corrected chi connectivity index (χ1v) is 10.3. The van der Waals surface area contributed by atoms with Gasteiger partial charge >= 0.3 is 0 Å². The molecule has 150 valence electrons. The number of nitrogens with zero attached hydrogens (tertiary/aromatic N) is 1. The van der Waals surface area contributed by atoms with Crippen LogP contribution in [0.25, 0.3) is 0 Å². The monoisotopic (exact) mass is 374 g/mol. The van der Waals surface area contributed by atoms with Gasteiger partial charge in [-0.25, -0.2) is 0 Å². The Morgan fingerprint density at radius 1 is 1.30 bits per heavy atom. The molecule has 27 heavy (non-hydrogen) atoms. The molecule has 0 bridgehead atoms. The van der Waals surface area contributed by atoms with Crippen LogP contribution in [0.3, 0.4) is 0 Å². The first-order valence-electron chi connectivity index (χ1n) is 10.3. The summed E-state index contributed by atoms with van der Waals surface area (Å²) in [5.74, 6) is 1.48. The van der Waals surface area contributed by atoms with E-state index in [9.17, 15) is 9.90 Å². The van der Waals surface area contributed by atoms with Gasteiger partial charge in [0.25, 0.3) is 0 Å². The number of methoxy groups -OCH3 is 1. The molecule has 1 aromatic rings. The van der Waals surface area contributed by atoms with E-state index in [0.29, 0.717) is 12.5 Å². The molecule has 1 fully saturated rings. The number of aliphatic hydroxyl groups is 1. The van der Waals surface area contributed by atoms with Crippen molar-refractivity contribution in [3.05, 3.63) is 35.4 Å². The van der Waals surface area contributed by atoms with Crippen molar-refractivity contribution in [2.24, 2.45) is 11.8 Å². The Kier molecular flexibility index (Phi) is 7.27. The molecule has 1 heterocycles. The summed E-state index contributed by atoms with van der Waals surface area (Å²) in [4.78, 5) is 15.1. The van der Waals surface area contributed by atoms with E-state index in [4.69, 9.17) is 4.74 Å². The normalized spacial score (nSPS) is 26.5. The number of aliphatic hydroxyl groups excluding tert-OH is 1. The summed E-state index contributed by atoms with van der Waals surface area (Å²) in [6, 6.07) is 8.84. The molecule has 2 N–H and O–H groups in total. The van der Waals surface area contributed by atoms with Crippen molar-refractivity contribution in [1.82, 2.24) is 10.2 Å². The van der Waals surface area contributed by atoms with E-state index in [1.807, 2.05) is 0 Å². The van der Waals surface area contributed by atoms with E-state index in [2.05, 4.69) is 41.4 Å². The van der Waals surface area contributed by atoms with Crippen LogP contribution < -0.4 is 5.32 Å². The van der Waals surface area contributed by atoms with Gasteiger partial charge in [0.05, 0.1) is 25.3 Å². The zero-order valence-electron chi connectivity index (χ0n) is 16.7. The summed E-state index contributed by atoms with van der Waals surface area (Å²) in [5, 5.41) is 12.9. The largest absolute Gasteiger partial charge is 0.389 e. The Labute approximate surface area is 163 Å². The Morgan fingerprint density at radius 3 is 2.78 bits per heavy atom. The van der Waals surface area contributed by atoms with Crippen molar-refractivity contribution in [3.63, 3.8) is 0 Å². The number of rotatable bonds is 7. The Morgan fingerprint density at radius 2 is 2.04 bits per heavy atom. The van der Waals surface area contributed by atoms with Crippen molar-refractivity contribution in [2.45, 2.75) is 51.2 Å². The minimum absolute atomic E-state index is 0.137. The molecule has 5 nitrogen and oxygen atoms in total. The highest BCUT2D eigenvalue weighted by Gasteiger charge is 2.37. The molecule has 1 aromatic carbocycles. The molecule has 1 unspecified atom stereocenters. The SMILES string of the molecule is COC[C@@H](O)CNCC(=O)N1CCc2ccccc2C1C1CCC(C)CC1. The fourth-order valence-corrected chi connectivity index (χ4v) is 4.69. The molecule has 1 amide bonds. The third-order valence-corrected chi connectivity index (χ3v) is 6.17. The molecule has 5 heteroatoms. The molecule has 0 spiro atoms. The molecular weight excluding hydrogens is 340 g/mol. The highest BCUT2D eigenvalue weighted by Crippen LogP contribution is 2.43. The van der Waals surface area contributed by atoms with E-state index in [-0.39, 0.29) is 25.1 Å². The standard InChI is InChI=1S/C22H34N2O3/c1-16-7-9-18(10-8-16)22-20-6-4-3-5-17(20)11-12-24(22)21(26)14-23-13-19(25)15-27-2/h3-6,16,18-19,22-23,25H,7-15H2,1-2H3/t16?,18?,19-,22?/m0/s1. The second-order valence-corrected chi connectivity index (χ2v) is 8.24. The molecule has 0 aromatic heterocycles. The molecule has 1 saturated carbocycles. The average Bonchev–Trinajstić information content (AvgIpc) is 2.68. The van der Waals surface area contributed by atoms with Gasteiger partial charge in [-0.3, -0.25) is 4.79 Å². The van der Waals surface area contributed by atoms with Gasteiger partial charge < -0.3 is 20.1 Å². The van der Waals surface area contributed by atoms with Crippen molar-refractivity contribution in [3.8, 4) is 0 Å². The summed E-state index contributed by atoms with van der Waals surface area (Å²) in [7, 11) is 1.56. The lowest BCUT2D eigenvalue weighted by Gasteiger charge is -2.44. The highest BCUT2D eigenvalue weighted by molar-refractivity contribution is 5.79. The molecule has 0 saturated heterocycles. The van der Waals surface area contributed by atoms with Gasteiger partial charge in [0.15, 0.2) is 0 Å². The van der Waals surface area contributed by atoms with Crippen LogP contribution in [0.4, 0.5) is 0 Å². The predicted octanol–water partition coefficient (Wildman–Crippen LogP) is 2.54. The van der Waals surface area contributed by atoms with E-state index < -0.39 is 6.10 Å². The second kappa shape index (κ2) is 9.67. The number of ether oxygens (including phenoxy) is 1. The molecule has 2 atom stereocenters. The second-order valence-electron chi connectivity index (χ2n) is 8.24. The summed E-state index contributed by atoms with van der Waals surface area (Å²) < 4.78 is 4.94. The number of carbonyl (C=O) groups excluding carboxylic acids is 1. The van der Waals surface area contributed by atoms with Gasteiger partial charge in [-0.2, -0.15) is 0 Å². The number of hydrogen-bond acceptors (Lipinski definition) is 4. The van der Waals surface area contributed by atoms with E-state index in [0.717, 1.165) is 18.9 Å². The minimum atomic E-state index is -0.583. The van der Waals surface area contributed by atoms with E-state index in [1.165, 1.54) is 36.8 Å². The Bertz CT molecular complexity index is 613. The van der Waals surface area contributed by atoms with Gasteiger partial charge in [0, 0.05) is 20.2 Å². The molecule has 3 rings (SSSR count). The smallest absolute Gasteiger partial charge is 0.237 e. The van der Waals surface area contributed by atoms with E-state index >= 15 is 0 Å². The van der Waals surface area contributed by atoms with Crippen molar-refractivity contribution >= 4 is 5.91 Å². The Hall–Kier alpha value is -1.43. The quantitative estimate of drug-likeness (QED) is 0.770. The number of amides is 1. The van der Waals surface area contributed by atoms with Crippen LogP contribution in [0.15, 0.2) is 24.3 Å². The number of hydrogen-bond donors (Lipinski definition) is 2. The first-order chi connectivity index (χ1) is 13.1. The summed E-state index contributed by atoms with van der Waals surface area (Å²) in [6.07, 6.45) is 5.25. The number of benzene rings is 1. The van der Waals surface area contributed by atoms with Crippen LogP contribution in [0.2, 0.25) is 0 Å². The maximum atomic E-state index is 13.0. The molecule has 1 aliphatic carbocycles. The predicted molar refractivity (Wildman–Crippen MR) is 106 cm³/mol. The maximum absolute atomic E-state index is 13.0. The zero-order valence-corrected chi connectivity index (χ0v) is 16.7. The van der Waals surface area contributed by atoms with E-state index in [1.54, 1.807) is 7.11 Å². The van der Waals surface area contributed by atoms with Gasteiger partial charge in [0.2, 0.25) is 5.91 Å². The first kappa shape index (κ1) is 20.3. The van der Waals surface area contributed by atoms with Crippen molar-refractivity contribution < 1.29 is 14.6 Å². The fraction of sp³-hybridized carbons (Fsp3) is 0.682. The van der Waals surface area contributed by atoms with Crippen LogP contribution in [-0.2, 0) is 16.0 Å². The zero-order chi connectivity index (χ0) is 19.2. The summed E-state index contributed by atoms with van der Waals surface area (Å²) in [6.45, 7) is 4.04. The minimum Gasteiger partial charge on any atom is -0.389 e. The number of nitrogens with one attached hydrogen (secondary N) is 1. The molecular formula is C22H34N2O3. The fourth-order valence-electron chi connectivity index (χ4n) is 4.69. The lowest BCUT2D eigenvalue weighted by atomic mass is 9.74. The molecule has 1 aliphatic heterocycles. The van der Waals surface area contributed by atoms with Gasteiger partial charge in [-0.15, -0.1) is 0 Å².